The zero-order chi connectivity index (χ0) is 23.4. The Kier molecular flexibility index (Phi) is 4.69. The van der Waals surface area contributed by atoms with E-state index in [4.69, 9.17) is 4.74 Å². The van der Waals surface area contributed by atoms with Crippen LogP contribution in [-0.4, -0.2) is 41.4 Å². The number of hydrogen-bond acceptors (Lipinski definition) is 3. The molecular formula is C28H25N3O3. The van der Waals surface area contributed by atoms with E-state index in [1.165, 1.54) is 0 Å². The molecular weight excluding hydrogens is 426 g/mol. The number of H-pyrrole nitrogens is 1. The second kappa shape index (κ2) is 7.76. The van der Waals surface area contributed by atoms with Gasteiger partial charge in [-0.15, -0.1) is 0 Å². The van der Waals surface area contributed by atoms with E-state index in [-0.39, 0.29) is 24.4 Å². The lowest BCUT2D eigenvalue weighted by Crippen LogP contribution is -2.63. The van der Waals surface area contributed by atoms with Gasteiger partial charge < -0.3 is 19.5 Å². The van der Waals surface area contributed by atoms with Crippen LogP contribution in [0.4, 0.5) is 5.69 Å². The van der Waals surface area contributed by atoms with Crippen LogP contribution in [0.2, 0.25) is 0 Å². The van der Waals surface area contributed by atoms with Gasteiger partial charge in [-0.25, -0.2) is 0 Å². The van der Waals surface area contributed by atoms with Gasteiger partial charge in [-0.05, 0) is 48.4 Å². The highest BCUT2D eigenvalue weighted by atomic mass is 16.5. The van der Waals surface area contributed by atoms with Crippen LogP contribution in [0, 0.1) is 6.92 Å². The summed E-state index contributed by atoms with van der Waals surface area (Å²) in [4.78, 5) is 34.5. The molecule has 0 spiro atoms. The highest BCUT2D eigenvalue weighted by Gasteiger charge is 2.48. The largest absolute Gasteiger partial charge is 0.497 e. The fourth-order valence-corrected chi connectivity index (χ4v) is 5.34. The van der Waals surface area contributed by atoms with Gasteiger partial charge in [0.1, 0.15) is 18.3 Å². The summed E-state index contributed by atoms with van der Waals surface area (Å²) in [6.45, 7) is 2.04. The van der Waals surface area contributed by atoms with Crippen LogP contribution in [0.3, 0.4) is 0 Å². The Morgan fingerprint density at radius 3 is 2.41 bits per heavy atom. The number of aromatic nitrogens is 1. The van der Waals surface area contributed by atoms with Crippen molar-refractivity contribution in [2.24, 2.45) is 0 Å². The summed E-state index contributed by atoms with van der Waals surface area (Å²) in [5.74, 6) is 0.646. The number of methoxy groups -OCH3 is 1. The van der Waals surface area contributed by atoms with E-state index in [2.05, 4.69) is 11.1 Å². The van der Waals surface area contributed by atoms with E-state index < -0.39 is 6.04 Å². The molecule has 3 aromatic carbocycles. The number of aryl methyl sites for hydroxylation is 1. The Hall–Kier alpha value is -4.06. The number of amides is 2. The third-order valence-corrected chi connectivity index (χ3v) is 7.04. The summed E-state index contributed by atoms with van der Waals surface area (Å²) < 4.78 is 5.34. The summed E-state index contributed by atoms with van der Waals surface area (Å²) >= 11 is 0. The molecule has 6 heteroatoms. The number of carbonyl (C=O) groups is 2. The van der Waals surface area contributed by atoms with E-state index >= 15 is 0 Å². The van der Waals surface area contributed by atoms with Crippen molar-refractivity contribution < 1.29 is 14.3 Å². The fraction of sp³-hybridized carbons (Fsp3) is 0.214. The molecule has 1 aromatic heterocycles. The van der Waals surface area contributed by atoms with Crippen molar-refractivity contribution in [1.82, 2.24) is 9.88 Å². The second-order valence-corrected chi connectivity index (χ2v) is 9.02. The molecule has 0 bridgehead atoms. The van der Waals surface area contributed by atoms with Crippen LogP contribution >= 0.6 is 0 Å². The Balaban J connectivity index is 1.50. The molecule has 3 heterocycles. The molecule has 34 heavy (non-hydrogen) atoms. The number of anilines is 1. The summed E-state index contributed by atoms with van der Waals surface area (Å²) in [6.07, 6.45) is 0.485. The molecule has 0 saturated carbocycles. The highest BCUT2D eigenvalue weighted by molar-refractivity contribution is 6.07. The maximum atomic E-state index is 13.8. The number of rotatable bonds is 3. The third-order valence-electron chi connectivity index (χ3n) is 7.04. The molecule has 6 nitrogen and oxygen atoms in total. The number of nitrogens with zero attached hydrogens (tertiary/aromatic N) is 2. The average Bonchev–Trinajstić information content (AvgIpc) is 3.24. The van der Waals surface area contributed by atoms with Gasteiger partial charge in [0.15, 0.2) is 0 Å². The lowest BCUT2D eigenvalue weighted by molar-refractivity contribution is -0.145. The predicted octanol–water partition coefficient (Wildman–Crippen LogP) is 4.37. The number of para-hydroxylation sites is 1. The smallest absolute Gasteiger partial charge is 0.250 e. The summed E-state index contributed by atoms with van der Waals surface area (Å²) in [6, 6.07) is 22.7. The minimum Gasteiger partial charge on any atom is -0.497 e. The third kappa shape index (κ3) is 3.10. The van der Waals surface area contributed by atoms with Crippen LogP contribution in [-0.2, 0) is 16.0 Å². The van der Waals surface area contributed by atoms with Gasteiger partial charge in [0.2, 0.25) is 5.91 Å². The topological polar surface area (TPSA) is 65.6 Å². The van der Waals surface area contributed by atoms with Crippen molar-refractivity contribution >= 4 is 28.4 Å². The van der Waals surface area contributed by atoms with Crippen LogP contribution in [0.25, 0.3) is 10.9 Å². The molecule has 0 aliphatic carbocycles. The number of fused-ring (bicyclic) bond motifs is 4. The number of carbonyl (C=O) groups excluding carboxylic acids is 2. The fourth-order valence-electron chi connectivity index (χ4n) is 5.34. The van der Waals surface area contributed by atoms with Gasteiger partial charge in [0, 0.05) is 28.7 Å². The maximum absolute atomic E-state index is 13.8. The second-order valence-electron chi connectivity index (χ2n) is 9.02. The highest BCUT2D eigenvalue weighted by Crippen LogP contribution is 2.43. The van der Waals surface area contributed by atoms with Gasteiger partial charge in [0.05, 0.1) is 13.2 Å². The van der Waals surface area contributed by atoms with Gasteiger partial charge in [-0.1, -0.05) is 48.0 Å². The van der Waals surface area contributed by atoms with Crippen LogP contribution in [0.5, 0.6) is 5.75 Å². The summed E-state index contributed by atoms with van der Waals surface area (Å²) in [5.41, 5.74) is 5.91. The van der Waals surface area contributed by atoms with E-state index in [1.54, 1.807) is 16.9 Å². The summed E-state index contributed by atoms with van der Waals surface area (Å²) in [5, 5.41) is 1.10. The molecule has 2 atom stereocenters. The van der Waals surface area contributed by atoms with Crippen LogP contribution in [0.15, 0.2) is 72.8 Å². The molecule has 2 aliphatic rings. The Bertz CT molecular complexity index is 1410. The van der Waals surface area contributed by atoms with E-state index in [9.17, 15) is 9.59 Å². The zero-order valence-electron chi connectivity index (χ0n) is 19.1. The Morgan fingerprint density at radius 1 is 0.941 bits per heavy atom. The Morgan fingerprint density at radius 2 is 1.68 bits per heavy atom. The van der Waals surface area contributed by atoms with Crippen molar-refractivity contribution in [2.45, 2.75) is 25.4 Å². The van der Waals surface area contributed by atoms with E-state index in [1.807, 2.05) is 73.7 Å². The van der Waals surface area contributed by atoms with Crippen LogP contribution in [0.1, 0.15) is 28.4 Å². The molecule has 1 unspecified atom stereocenters. The number of hydrogen-bond donors (Lipinski definition) is 1. The molecule has 0 radical (unpaired) electrons. The SMILES string of the molecule is COc1ccc([C@H]2c3[nH]c4ccccc4c3CC3C(=O)N(c4ccc(C)cc4)CC(=O)N32)cc1. The summed E-state index contributed by atoms with van der Waals surface area (Å²) in [7, 11) is 1.63. The molecule has 6 rings (SSSR count). The normalized spacial score (nSPS) is 19.8. The lowest BCUT2D eigenvalue weighted by atomic mass is 9.86. The first kappa shape index (κ1) is 20.5. The van der Waals surface area contributed by atoms with Crippen molar-refractivity contribution in [1.29, 1.82) is 0 Å². The number of benzene rings is 3. The molecule has 4 aromatic rings. The molecule has 2 amide bonds. The molecule has 1 fully saturated rings. The first-order chi connectivity index (χ1) is 16.5. The number of nitrogens with one attached hydrogen (secondary N) is 1. The van der Waals surface area contributed by atoms with Crippen molar-refractivity contribution in [2.75, 3.05) is 18.6 Å². The minimum absolute atomic E-state index is 0.0284. The molecule has 2 aliphatic heterocycles. The van der Waals surface area contributed by atoms with Gasteiger partial charge in [-0.3, -0.25) is 9.59 Å². The number of piperazine rings is 1. The quantitative estimate of drug-likeness (QED) is 0.503. The standard InChI is InChI=1S/C28H25N3O3/c1-17-7-11-19(12-8-17)30-16-25(32)31-24(28(30)33)15-22-21-5-3-4-6-23(21)29-26(22)27(31)18-9-13-20(34-2)14-10-18/h3-14,24,27,29H,15-16H2,1-2H3/t24?,27-/m0/s1. The maximum Gasteiger partial charge on any atom is 0.250 e. The van der Waals surface area contributed by atoms with Crippen molar-refractivity contribution in [3.63, 3.8) is 0 Å². The van der Waals surface area contributed by atoms with Crippen molar-refractivity contribution in [3.8, 4) is 5.75 Å². The zero-order valence-corrected chi connectivity index (χ0v) is 19.1. The average molecular weight is 452 g/mol. The van der Waals surface area contributed by atoms with Gasteiger partial charge in [-0.2, -0.15) is 0 Å². The molecule has 1 N–H and O–H groups in total. The van der Waals surface area contributed by atoms with Gasteiger partial charge >= 0.3 is 0 Å². The monoisotopic (exact) mass is 451 g/mol. The Labute approximate surface area is 197 Å². The van der Waals surface area contributed by atoms with E-state index in [0.29, 0.717) is 6.42 Å². The lowest BCUT2D eigenvalue weighted by Gasteiger charge is -2.47. The first-order valence-electron chi connectivity index (χ1n) is 11.5. The number of aromatic amines is 1. The first-order valence-corrected chi connectivity index (χ1v) is 11.5. The van der Waals surface area contributed by atoms with Gasteiger partial charge in [0.25, 0.3) is 5.91 Å². The van der Waals surface area contributed by atoms with E-state index in [0.717, 1.165) is 44.7 Å². The molecule has 1 saturated heterocycles. The molecule has 170 valence electrons. The van der Waals surface area contributed by atoms with Crippen molar-refractivity contribution in [3.05, 3.63) is 95.2 Å². The van der Waals surface area contributed by atoms with Crippen LogP contribution < -0.4 is 9.64 Å². The predicted molar refractivity (Wildman–Crippen MR) is 131 cm³/mol. The minimum atomic E-state index is -0.568. The number of ether oxygens (including phenoxy) is 1.